The number of carbonyl (C=O) groups is 1. The summed E-state index contributed by atoms with van der Waals surface area (Å²) in [7, 11) is 0. The predicted molar refractivity (Wildman–Crippen MR) is 75.4 cm³/mol. The van der Waals surface area contributed by atoms with Gasteiger partial charge in [-0.3, -0.25) is 4.79 Å². The molecule has 0 bridgehead atoms. The van der Waals surface area contributed by atoms with Gasteiger partial charge in [0.15, 0.2) is 0 Å². The average molecular weight is 279 g/mol. The molecule has 0 saturated carbocycles. The quantitative estimate of drug-likeness (QED) is 0.677. The predicted octanol–water partition coefficient (Wildman–Crippen LogP) is 3.56. The van der Waals surface area contributed by atoms with Crippen LogP contribution in [0, 0.1) is 0 Å². The van der Waals surface area contributed by atoms with Gasteiger partial charge in [-0.1, -0.05) is 29.8 Å². The van der Waals surface area contributed by atoms with Crippen LogP contribution in [-0.4, -0.2) is 11.6 Å². The molecule has 1 heterocycles. The summed E-state index contributed by atoms with van der Waals surface area (Å²) in [6, 6.07) is 10.9. The topological polar surface area (TPSA) is 41.5 Å². The van der Waals surface area contributed by atoms with E-state index in [2.05, 4.69) is 10.5 Å². The monoisotopic (exact) mass is 278 g/mol. The van der Waals surface area contributed by atoms with E-state index in [1.807, 2.05) is 30.5 Å². The van der Waals surface area contributed by atoms with Crippen LogP contribution >= 0.6 is 22.9 Å². The van der Waals surface area contributed by atoms with Crippen LogP contribution in [0.2, 0.25) is 5.02 Å². The van der Waals surface area contributed by atoms with Crippen LogP contribution in [-0.2, 0) is 0 Å². The number of hydrazone groups is 1. The summed E-state index contributed by atoms with van der Waals surface area (Å²) in [5, 5.41) is 6.59. The van der Waals surface area contributed by atoms with Crippen molar-refractivity contribution >= 4 is 34.6 Å². The van der Waals surface area contributed by atoms with Crippen LogP contribution in [0.1, 0.15) is 22.2 Å². The maximum Gasteiger partial charge on any atom is 0.281 e. The highest BCUT2D eigenvalue weighted by atomic mass is 35.5. The third-order valence-electron chi connectivity index (χ3n) is 2.33. The van der Waals surface area contributed by atoms with Crippen LogP contribution in [0.3, 0.4) is 0 Å². The number of carbonyl (C=O) groups excluding carboxylic acids is 1. The Morgan fingerprint density at radius 2 is 2.00 bits per heavy atom. The molecule has 2 rings (SSSR count). The normalized spacial score (nSPS) is 11.3. The minimum Gasteiger partial charge on any atom is -0.266 e. The maximum absolute atomic E-state index is 11.7. The molecule has 3 nitrogen and oxygen atoms in total. The fourth-order valence-electron chi connectivity index (χ4n) is 1.35. The Kier molecular flexibility index (Phi) is 4.12. The molecule has 2 aromatic rings. The van der Waals surface area contributed by atoms with E-state index in [9.17, 15) is 4.79 Å². The van der Waals surface area contributed by atoms with Crippen molar-refractivity contribution in [1.29, 1.82) is 0 Å². The van der Waals surface area contributed by atoms with E-state index in [-0.39, 0.29) is 5.91 Å². The number of halogens is 1. The fourth-order valence-corrected chi connectivity index (χ4v) is 2.09. The number of thiophene rings is 1. The number of nitrogens with one attached hydrogen (secondary N) is 1. The highest BCUT2D eigenvalue weighted by molar-refractivity contribution is 7.12. The van der Waals surface area contributed by atoms with Crippen LogP contribution in [0.4, 0.5) is 0 Å². The van der Waals surface area contributed by atoms with Crippen LogP contribution in [0.25, 0.3) is 0 Å². The minimum atomic E-state index is -0.196. The summed E-state index contributed by atoms with van der Waals surface area (Å²) in [6.07, 6.45) is 0. The van der Waals surface area contributed by atoms with Gasteiger partial charge >= 0.3 is 0 Å². The molecule has 1 amide bonds. The van der Waals surface area contributed by atoms with Gasteiger partial charge in [0.25, 0.3) is 5.91 Å². The van der Waals surface area contributed by atoms with Gasteiger partial charge in [0.05, 0.1) is 10.6 Å². The zero-order chi connectivity index (χ0) is 13.0. The number of amides is 1. The third kappa shape index (κ3) is 3.18. The van der Waals surface area contributed by atoms with E-state index < -0.39 is 0 Å². The molecule has 0 aliphatic heterocycles. The van der Waals surface area contributed by atoms with E-state index in [1.54, 1.807) is 18.2 Å². The van der Waals surface area contributed by atoms with Crippen molar-refractivity contribution in [2.24, 2.45) is 5.10 Å². The average Bonchev–Trinajstić information content (AvgIpc) is 2.90. The lowest BCUT2D eigenvalue weighted by molar-refractivity contribution is 0.0959. The van der Waals surface area contributed by atoms with Gasteiger partial charge in [-0.15, -0.1) is 11.3 Å². The van der Waals surface area contributed by atoms with Gasteiger partial charge < -0.3 is 0 Å². The van der Waals surface area contributed by atoms with Crippen LogP contribution in [0.15, 0.2) is 46.9 Å². The van der Waals surface area contributed by atoms with Gasteiger partial charge in [0.2, 0.25) is 0 Å². The number of hydrogen-bond acceptors (Lipinski definition) is 3. The number of benzene rings is 1. The number of nitrogens with zero attached hydrogens (tertiary/aromatic N) is 1. The second kappa shape index (κ2) is 5.80. The molecule has 0 aliphatic carbocycles. The van der Waals surface area contributed by atoms with Gasteiger partial charge in [0, 0.05) is 5.02 Å². The molecular weight excluding hydrogens is 268 g/mol. The van der Waals surface area contributed by atoms with Crippen molar-refractivity contribution in [2.75, 3.05) is 0 Å². The minimum absolute atomic E-state index is 0.196. The molecule has 0 aliphatic rings. The Bertz CT molecular complexity index is 561. The van der Waals surface area contributed by atoms with Crippen LogP contribution < -0.4 is 5.43 Å². The largest absolute Gasteiger partial charge is 0.281 e. The molecule has 1 aromatic carbocycles. The lowest BCUT2D eigenvalue weighted by atomic mass is 10.1. The zero-order valence-electron chi connectivity index (χ0n) is 9.68. The Balaban J connectivity index is 2.05. The summed E-state index contributed by atoms with van der Waals surface area (Å²) in [4.78, 5) is 12.3. The van der Waals surface area contributed by atoms with Crippen molar-refractivity contribution in [2.45, 2.75) is 6.92 Å². The number of rotatable bonds is 3. The lowest BCUT2D eigenvalue weighted by Gasteiger charge is -2.01. The first-order chi connectivity index (χ1) is 8.66. The van der Waals surface area contributed by atoms with Crippen molar-refractivity contribution in [3.8, 4) is 0 Å². The van der Waals surface area contributed by atoms with E-state index in [4.69, 9.17) is 11.6 Å². The molecule has 5 heteroatoms. The summed E-state index contributed by atoms with van der Waals surface area (Å²) >= 11 is 7.18. The first-order valence-electron chi connectivity index (χ1n) is 5.31. The lowest BCUT2D eigenvalue weighted by Crippen LogP contribution is -2.18. The summed E-state index contributed by atoms with van der Waals surface area (Å²) in [6.45, 7) is 1.83. The van der Waals surface area contributed by atoms with E-state index >= 15 is 0 Å². The van der Waals surface area contributed by atoms with E-state index in [0.717, 1.165) is 11.3 Å². The molecule has 0 fully saturated rings. The van der Waals surface area contributed by atoms with Crippen molar-refractivity contribution in [1.82, 2.24) is 5.43 Å². The van der Waals surface area contributed by atoms with E-state index in [1.165, 1.54) is 11.3 Å². The second-order valence-electron chi connectivity index (χ2n) is 3.62. The summed E-state index contributed by atoms with van der Waals surface area (Å²) < 4.78 is 0. The number of hydrogen-bond donors (Lipinski definition) is 1. The fraction of sp³-hybridized carbons (Fsp3) is 0.0769. The molecule has 1 N–H and O–H groups in total. The molecule has 92 valence electrons. The zero-order valence-corrected chi connectivity index (χ0v) is 11.3. The Hall–Kier alpha value is -1.65. The standard InChI is InChI=1S/C13H11ClN2OS/c1-9(10-4-6-11(14)7-5-10)15-16-13(17)12-3-2-8-18-12/h2-8H,1H3,(H,16,17)/b15-9+. The Morgan fingerprint density at radius 3 is 2.61 bits per heavy atom. The van der Waals surface area contributed by atoms with Crippen molar-refractivity contribution < 1.29 is 4.79 Å². The van der Waals surface area contributed by atoms with Gasteiger partial charge in [-0.05, 0) is 36.1 Å². The first-order valence-corrected chi connectivity index (χ1v) is 6.56. The molecule has 1 aromatic heterocycles. The van der Waals surface area contributed by atoms with Gasteiger partial charge in [-0.2, -0.15) is 5.10 Å². The smallest absolute Gasteiger partial charge is 0.266 e. The Labute approximate surface area is 114 Å². The molecular formula is C13H11ClN2OS. The van der Waals surface area contributed by atoms with Gasteiger partial charge in [0.1, 0.15) is 0 Å². The third-order valence-corrected chi connectivity index (χ3v) is 3.45. The molecule has 0 atom stereocenters. The van der Waals surface area contributed by atoms with Crippen molar-refractivity contribution in [3.63, 3.8) is 0 Å². The SMILES string of the molecule is C/C(=N\NC(=O)c1cccs1)c1ccc(Cl)cc1. The Morgan fingerprint density at radius 1 is 1.28 bits per heavy atom. The highest BCUT2D eigenvalue weighted by Crippen LogP contribution is 2.10. The maximum atomic E-state index is 11.7. The van der Waals surface area contributed by atoms with Crippen molar-refractivity contribution in [3.05, 3.63) is 57.2 Å². The molecule has 18 heavy (non-hydrogen) atoms. The molecule has 0 spiro atoms. The highest BCUT2D eigenvalue weighted by Gasteiger charge is 2.05. The van der Waals surface area contributed by atoms with Gasteiger partial charge in [-0.25, -0.2) is 5.43 Å². The van der Waals surface area contributed by atoms with E-state index in [0.29, 0.717) is 9.90 Å². The second-order valence-corrected chi connectivity index (χ2v) is 5.01. The van der Waals surface area contributed by atoms with Crippen LogP contribution in [0.5, 0.6) is 0 Å². The summed E-state index contributed by atoms with van der Waals surface area (Å²) in [5.74, 6) is -0.196. The summed E-state index contributed by atoms with van der Waals surface area (Å²) in [5.41, 5.74) is 4.18. The molecule has 0 saturated heterocycles. The molecule has 0 unspecified atom stereocenters. The first kappa shape index (κ1) is 12.8. The molecule has 0 radical (unpaired) electrons.